The van der Waals surface area contributed by atoms with Crippen molar-refractivity contribution >= 4 is 28.4 Å². The highest BCUT2D eigenvalue weighted by molar-refractivity contribution is 6.02. The number of fused-ring (bicyclic) bond motifs is 1. The summed E-state index contributed by atoms with van der Waals surface area (Å²) in [4.78, 5) is 23.5. The van der Waals surface area contributed by atoms with Gasteiger partial charge in [0.25, 0.3) is 0 Å². The SMILES string of the molecule is O=C(NNC(=O)c1ccco1)Nc1cccc2ccccc12. The molecule has 3 aromatic rings. The maximum atomic E-state index is 11.9. The zero-order valence-corrected chi connectivity index (χ0v) is 11.5. The summed E-state index contributed by atoms with van der Waals surface area (Å²) in [7, 11) is 0. The van der Waals surface area contributed by atoms with Crippen molar-refractivity contribution in [3.05, 3.63) is 66.6 Å². The predicted molar refractivity (Wildman–Crippen MR) is 82.3 cm³/mol. The van der Waals surface area contributed by atoms with Gasteiger partial charge in [0, 0.05) is 5.39 Å². The van der Waals surface area contributed by atoms with Crippen LogP contribution in [0, 0.1) is 0 Å². The summed E-state index contributed by atoms with van der Waals surface area (Å²) in [6, 6.07) is 15.8. The number of hydrazine groups is 1. The molecule has 0 aliphatic heterocycles. The van der Waals surface area contributed by atoms with Crippen LogP contribution in [0.15, 0.2) is 65.3 Å². The van der Waals surface area contributed by atoms with Gasteiger partial charge in [-0.1, -0.05) is 36.4 Å². The second-order valence-electron chi connectivity index (χ2n) is 4.54. The van der Waals surface area contributed by atoms with Crippen LogP contribution < -0.4 is 16.2 Å². The average Bonchev–Trinajstić information content (AvgIpc) is 3.07. The Morgan fingerprint density at radius 2 is 1.68 bits per heavy atom. The Bertz CT molecular complexity index is 807. The minimum atomic E-state index is -0.545. The summed E-state index contributed by atoms with van der Waals surface area (Å²) in [6.07, 6.45) is 1.38. The molecule has 6 heteroatoms. The van der Waals surface area contributed by atoms with E-state index < -0.39 is 11.9 Å². The van der Waals surface area contributed by atoms with E-state index in [-0.39, 0.29) is 5.76 Å². The van der Waals surface area contributed by atoms with E-state index in [1.807, 2.05) is 36.4 Å². The largest absolute Gasteiger partial charge is 0.459 e. The molecule has 1 aromatic heterocycles. The molecule has 0 bridgehead atoms. The first-order chi connectivity index (χ1) is 10.7. The Balaban J connectivity index is 1.65. The fourth-order valence-electron chi connectivity index (χ4n) is 2.07. The highest BCUT2D eigenvalue weighted by atomic mass is 16.3. The lowest BCUT2D eigenvalue weighted by Gasteiger charge is -2.10. The number of carbonyl (C=O) groups excluding carboxylic acids is 2. The monoisotopic (exact) mass is 295 g/mol. The number of anilines is 1. The number of carbonyl (C=O) groups is 2. The summed E-state index contributed by atoms with van der Waals surface area (Å²) >= 11 is 0. The van der Waals surface area contributed by atoms with Crippen LogP contribution in [-0.2, 0) is 0 Å². The molecule has 0 unspecified atom stereocenters. The highest BCUT2D eigenvalue weighted by Crippen LogP contribution is 2.22. The number of urea groups is 1. The van der Waals surface area contributed by atoms with Crippen LogP contribution in [0.1, 0.15) is 10.6 Å². The van der Waals surface area contributed by atoms with Crippen molar-refractivity contribution in [1.29, 1.82) is 0 Å². The maximum Gasteiger partial charge on any atom is 0.337 e. The molecular weight excluding hydrogens is 282 g/mol. The molecule has 110 valence electrons. The van der Waals surface area contributed by atoms with Gasteiger partial charge >= 0.3 is 11.9 Å². The molecule has 0 aliphatic rings. The number of amides is 3. The predicted octanol–water partition coefficient (Wildman–Crippen LogP) is 2.90. The Hall–Kier alpha value is -3.28. The molecule has 22 heavy (non-hydrogen) atoms. The zero-order valence-electron chi connectivity index (χ0n) is 11.5. The molecule has 3 rings (SSSR count). The van der Waals surface area contributed by atoms with Gasteiger partial charge in [0.1, 0.15) is 0 Å². The molecule has 3 N–H and O–H groups in total. The van der Waals surface area contributed by atoms with Crippen LogP contribution >= 0.6 is 0 Å². The van der Waals surface area contributed by atoms with Gasteiger partial charge in [0.15, 0.2) is 5.76 Å². The second-order valence-corrected chi connectivity index (χ2v) is 4.54. The standard InChI is InChI=1S/C16H13N3O3/c20-15(14-9-4-10-22-14)18-19-16(21)17-13-8-3-6-11-5-1-2-7-12(11)13/h1-10H,(H,18,20)(H2,17,19,21). The van der Waals surface area contributed by atoms with Gasteiger partial charge in [0.2, 0.25) is 0 Å². The van der Waals surface area contributed by atoms with Crippen LogP contribution in [0.4, 0.5) is 10.5 Å². The Morgan fingerprint density at radius 1 is 0.864 bits per heavy atom. The summed E-state index contributed by atoms with van der Waals surface area (Å²) in [5, 5.41) is 4.62. The number of furan rings is 1. The summed E-state index contributed by atoms with van der Waals surface area (Å²) in [6.45, 7) is 0. The van der Waals surface area contributed by atoms with Gasteiger partial charge in [-0.2, -0.15) is 0 Å². The van der Waals surface area contributed by atoms with Gasteiger partial charge in [-0.3, -0.25) is 10.2 Å². The maximum absolute atomic E-state index is 11.9. The van der Waals surface area contributed by atoms with Crippen molar-refractivity contribution in [2.24, 2.45) is 0 Å². The van der Waals surface area contributed by atoms with E-state index in [1.54, 1.807) is 12.1 Å². The first-order valence-electron chi connectivity index (χ1n) is 6.62. The van der Waals surface area contributed by atoms with Gasteiger partial charge < -0.3 is 9.73 Å². The first kappa shape index (κ1) is 13.7. The van der Waals surface area contributed by atoms with E-state index in [9.17, 15) is 9.59 Å². The summed E-state index contributed by atoms with van der Waals surface area (Å²) < 4.78 is 4.92. The molecule has 6 nitrogen and oxygen atoms in total. The Labute approximate surface area is 126 Å². The molecule has 0 aliphatic carbocycles. The molecule has 1 heterocycles. The van der Waals surface area contributed by atoms with E-state index in [0.29, 0.717) is 5.69 Å². The third-order valence-corrected chi connectivity index (χ3v) is 3.07. The minimum Gasteiger partial charge on any atom is -0.459 e. The van der Waals surface area contributed by atoms with Crippen molar-refractivity contribution in [1.82, 2.24) is 10.9 Å². The van der Waals surface area contributed by atoms with Crippen LogP contribution in [0.5, 0.6) is 0 Å². The van der Waals surface area contributed by atoms with Crippen LogP contribution in [0.25, 0.3) is 10.8 Å². The number of hydrogen-bond donors (Lipinski definition) is 3. The Kier molecular flexibility index (Phi) is 3.74. The van der Waals surface area contributed by atoms with Crippen molar-refractivity contribution in [2.75, 3.05) is 5.32 Å². The molecule has 0 spiro atoms. The van der Waals surface area contributed by atoms with Gasteiger partial charge in [-0.15, -0.1) is 0 Å². The molecule has 2 aromatic carbocycles. The molecule has 0 radical (unpaired) electrons. The summed E-state index contributed by atoms with van der Waals surface area (Å²) in [5.41, 5.74) is 5.19. The van der Waals surface area contributed by atoms with Crippen molar-refractivity contribution < 1.29 is 14.0 Å². The third-order valence-electron chi connectivity index (χ3n) is 3.07. The molecule has 0 atom stereocenters. The molecule has 3 amide bonds. The number of benzene rings is 2. The normalized spacial score (nSPS) is 10.2. The molecule has 0 fully saturated rings. The van der Waals surface area contributed by atoms with Gasteiger partial charge in [-0.05, 0) is 23.6 Å². The summed E-state index contributed by atoms with van der Waals surface area (Å²) in [5.74, 6) is -0.413. The van der Waals surface area contributed by atoms with Crippen molar-refractivity contribution in [3.8, 4) is 0 Å². The van der Waals surface area contributed by atoms with Crippen molar-refractivity contribution in [2.45, 2.75) is 0 Å². The fraction of sp³-hybridized carbons (Fsp3) is 0. The first-order valence-corrected chi connectivity index (χ1v) is 6.62. The lowest BCUT2D eigenvalue weighted by Crippen LogP contribution is -2.43. The van der Waals surface area contributed by atoms with Crippen LogP contribution in [0.3, 0.4) is 0 Å². The molecular formula is C16H13N3O3. The number of rotatable bonds is 2. The lowest BCUT2D eigenvalue weighted by atomic mass is 10.1. The Morgan fingerprint density at radius 3 is 2.50 bits per heavy atom. The topological polar surface area (TPSA) is 83.4 Å². The van der Waals surface area contributed by atoms with Gasteiger partial charge in [0.05, 0.1) is 12.0 Å². The van der Waals surface area contributed by atoms with E-state index in [4.69, 9.17) is 4.42 Å². The fourth-order valence-corrected chi connectivity index (χ4v) is 2.07. The van der Waals surface area contributed by atoms with Crippen molar-refractivity contribution in [3.63, 3.8) is 0 Å². The van der Waals surface area contributed by atoms with E-state index >= 15 is 0 Å². The lowest BCUT2D eigenvalue weighted by molar-refractivity contribution is 0.0910. The van der Waals surface area contributed by atoms with E-state index in [2.05, 4.69) is 16.2 Å². The minimum absolute atomic E-state index is 0.116. The van der Waals surface area contributed by atoms with E-state index in [1.165, 1.54) is 12.3 Å². The zero-order chi connectivity index (χ0) is 15.4. The van der Waals surface area contributed by atoms with Gasteiger partial charge in [-0.25, -0.2) is 10.2 Å². The van der Waals surface area contributed by atoms with E-state index in [0.717, 1.165) is 10.8 Å². The highest BCUT2D eigenvalue weighted by Gasteiger charge is 2.10. The second kappa shape index (κ2) is 6.01. The smallest absolute Gasteiger partial charge is 0.337 e. The number of nitrogens with one attached hydrogen (secondary N) is 3. The third kappa shape index (κ3) is 2.90. The number of hydrogen-bond acceptors (Lipinski definition) is 3. The van der Waals surface area contributed by atoms with Crippen LogP contribution in [-0.4, -0.2) is 11.9 Å². The average molecular weight is 295 g/mol. The quantitative estimate of drug-likeness (QED) is 0.636. The molecule has 0 saturated heterocycles. The van der Waals surface area contributed by atoms with Crippen LogP contribution in [0.2, 0.25) is 0 Å². The molecule has 0 saturated carbocycles.